The second-order valence-electron chi connectivity index (χ2n) is 5.24. The van der Waals surface area contributed by atoms with E-state index in [1.54, 1.807) is 0 Å². The molecule has 0 spiro atoms. The highest BCUT2D eigenvalue weighted by molar-refractivity contribution is 5.25. The number of rotatable bonds is 4. The molecular formula is C17H23NO. The third-order valence-corrected chi connectivity index (χ3v) is 3.74. The molecule has 19 heavy (non-hydrogen) atoms. The van der Waals surface area contributed by atoms with Crippen molar-refractivity contribution in [1.82, 2.24) is 4.90 Å². The summed E-state index contributed by atoms with van der Waals surface area (Å²) < 4.78 is 5.39. The molecule has 1 aliphatic heterocycles. The van der Waals surface area contributed by atoms with E-state index in [1.165, 1.54) is 16.8 Å². The number of allylic oxidation sites excluding steroid dienone is 1. The zero-order valence-electron chi connectivity index (χ0n) is 12.0. The van der Waals surface area contributed by atoms with Gasteiger partial charge in [0.15, 0.2) is 0 Å². The van der Waals surface area contributed by atoms with Crippen LogP contribution in [0.5, 0.6) is 0 Å². The lowest BCUT2D eigenvalue weighted by molar-refractivity contribution is 0.0518. The smallest absolute Gasteiger partial charge is 0.0642 e. The minimum absolute atomic E-state index is 0.493. The molecule has 0 aromatic heterocycles. The maximum absolute atomic E-state index is 5.39. The van der Waals surface area contributed by atoms with Crippen LogP contribution in [0.2, 0.25) is 0 Å². The Kier molecular flexibility index (Phi) is 4.84. The van der Waals surface area contributed by atoms with E-state index in [0.29, 0.717) is 5.92 Å². The van der Waals surface area contributed by atoms with Crippen LogP contribution in [0, 0.1) is 6.92 Å². The van der Waals surface area contributed by atoms with Gasteiger partial charge in [-0.25, -0.2) is 0 Å². The van der Waals surface area contributed by atoms with Gasteiger partial charge in [0.2, 0.25) is 0 Å². The Hall–Kier alpha value is -1.50. The van der Waals surface area contributed by atoms with Crippen molar-refractivity contribution in [2.75, 3.05) is 26.3 Å². The quantitative estimate of drug-likeness (QED) is 0.766. The maximum Gasteiger partial charge on any atom is 0.0642 e. The Bertz CT molecular complexity index is 451. The maximum atomic E-state index is 5.39. The van der Waals surface area contributed by atoms with Crippen molar-refractivity contribution in [2.45, 2.75) is 26.2 Å². The fourth-order valence-electron chi connectivity index (χ4n) is 2.45. The minimum atomic E-state index is 0.493. The average Bonchev–Trinajstić information content (AvgIpc) is 2.46. The highest BCUT2D eigenvalue weighted by Gasteiger charge is 2.16. The molecule has 2 rings (SSSR count). The zero-order valence-corrected chi connectivity index (χ0v) is 12.0. The van der Waals surface area contributed by atoms with Crippen molar-refractivity contribution in [1.29, 1.82) is 0 Å². The first kappa shape index (κ1) is 13.9. The van der Waals surface area contributed by atoms with Crippen molar-refractivity contribution in [3.8, 4) is 0 Å². The molecule has 1 atom stereocenters. The second-order valence-corrected chi connectivity index (χ2v) is 5.24. The average molecular weight is 257 g/mol. The molecule has 0 amide bonds. The molecule has 1 fully saturated rings. The Morgan fingerprint density at radius 1 is 1.32 bits per heavy atom. The Balaban J connectivity index is 2.01. The minimum Gasteiger partial charge on any atom is -0.378 e. The number of hydrogen-bond donors (Lipinski definition) is 0. The van der Waals surface area contributed by atoms with Crippen molar-refractivity contribution in [2.24, 2.45) is 0 Å². The fraction of sp³-hybridized carbons (Fsp3) is 0.471. The molecule has 1 unspecified atom stereocenters. The summed E-state index contributed by atoms with van der Waals surface area (Å²) in [5.41, 5.74) is 7.03. The van der Waals surface area contributed by atoms with Gasteiger partial charge in [0, 0.05) is 19.5 Å². The molecule has 1 aliphatic rings. The van der Waals surface area contributed by atoms with Gasteiger partial charge < -0.3 is 9.64 Å². The molecule has 2 heteroatoms. The first-order valence-electron chi connectivity index (χ1n) is 6.99. The zero-order chi connectivity index (χ0) is 13.7. The number of hydrogen-bond acceptors (Lipinski definition) is 2. The summed E-state index contributed by atoms with van der Waals surface area (Å²) >= 11 is 0. The van der Waals surface area contributed by atoms with Gasteiger partial charge in [-0.1, -0.05) is 43.3 Å². The molecule has 1 aromatic rings. The summed E-state index contributed by atoms with van der Waals surface area (Å²) in [5.74, 6) is 0.493. The number of morpholine rings is 1. The van der Waals surface area contributed by atoms with E-state index in [2.05, 4.69) is 55.3 Å². The molecule has 1 heterocycles. The lowest BCUT2D eigenvalue weighted by Crippen LogP contribution is -2.35. The van der Waals surface area contributed by atoms with Crippen LogP contribution in [0.15, 0.2) is 42.3 Å². The summed E-state index contributed by atoms with van der Waals surface area (Å²) in [6, 6.07) is 8.80. The van der Waals surface area contributed by atoms with Crippen LogP contribution >= 0.6 is 0 Å². The van der Waals surface area contributed by atoms with Gasteiger partial charge in [-0.05, 0) is 18.4 Å². The molecule has 102 valence electrons. The van der Waals surface area contributed by atoms with E-state index in [1.807, 2.05) is 0 Å². The Morgan fingerprint density at radius 2 is 1.95 bits per heavy atom. The Labute approximate surface area is 116 Å². The first-order valence-corrected chi connectivity index (χ1v) is 6.99. The van der Waals surface area contributed by atoms with Gasteiger partial charge in [-0.3, -0.25) is 0 Å². The van der Waals surface area contributed by atoms with E-state index in [0.717, 1.165) is 32.7 Å². The number of ether oxygens (including phenoxy) is 1. The van der Waals surface area contributed by atoms with E-state index < -0.39 is 0 Å². The molecule has 0 aliphatic carbocycles. The number of nitrogens with zero attached hydrogens (tertiary/aromatic N) is 1. The van der Waals surface area contributed by atoms with Crippen molar-refractivity contribution < 1.29 is 4.74 Å². The van der Waals surface area contributed by atoms with E-state index in [-0.39, 0.29) is 0 Å². The molecule has 0 saturated carbocycles. The van der Waals surface area contributed by atoms with Crippen LogP contribution < -0.4 is 0 Å². The third kappa shape index (κ3) is 3.73. The second kappa shape index (κ2) is 6.60. The topological polar surface area (TPSA) is 12.5 Å². The van der Waals surface area contributed by atoms with Gasteiger partial charge in [-0.2, -0.15) is 0 Å². The largest absolute Gasteiger partial charge is 0.378 e. The molecule has 0 N–H and O–H groups in total. The lowest BCUT2D eigenvalue weighted by atomic mass is 9.95. The first-order chi connectivity index (χ1) is 9.20. The van der Waals surface area contributed by atoms with Gasteiger partial charge in [0.05, 0.1) is 18.9 Å². The summed E-state index contributed by atoms with van der Waals surface area (Å²) in [4.78, 5) is 2.35. The highest BCUT2D eigenvalue weighted by Crippen LogP contribution is 2.25. The van der Waals surface area contributed by atoms with Gasteiger partial charge in [0.1, 0.15) is 0 Å². The van der Waals surface area contributed by atoms with E-state index >= 15 is 0 Å². The van der Waals surface area contributed by atoms with Crippen molar-refractivity contribution in [3.05, 3.63) is 53.4 Å². The lowest BCUT2D eigenvalue weighted by Gasteiger charge is -2.31. The van der Waals surface area contributed by atoms with E-state index in [9.17, 15) is 0 Å². The Morgan fingerprint density at radius 3 is 2.53 bits per heavy atom. The molecular weight excluding hydrogens is 234 g/mol. The summed E-state index contributed by atoms with van der Waals surface area (Å²) in [6.45, 7) is 11.8. The highest BCUT2D eigenvalue weighted by atomic mass is 16.5. The SMILES string of the molecule is C=C=C(CC(C)c1ccc(C)cc1)N1CCOCC1. The summed E-state index contributed by atoms with van der Waals surface area (Å²) in [7, 11) is 0. The monoisotopic (exact) mass is 257 g/mol. The fourth-order valence-corrected chi connectivity index (χ4v) is 2.45. The molecule has 1 aromatic carbocycles. The van der Waals surface area contributed by atoms with Crippen LogP contribution in [-0.4, -0.2) is 31.2 Å². The predicted molar refractivity (Wildman–Crippen MR) is 79.3 cm³/mol. The van der Waals surface area contributed by atoms with Crippen molar-refractivity contribution in [3.63, 3.8) is 0 Å². The number of aryl methyl sites for hydroxylation is 1. The van der Waals surface area contributed by atoms with Crippen LogP contribution in [0.1, 0.15) is 30.4 Å². The molecule has 0 bridgehead atoms. The van der Waals surface area contributed by atoms with Gasteiger partial charge in [-0.15, -0.1) is 5.73 Å². The molecule has 1 saturated heterocycles. The van der Waals surface area contributed by atoms with Crippen LogP contribution in [0.25, 0.3) is 0 Å². The van der Waals surface area contributed by atoms with Crippen LogP contribution in [-0.2, 0) is 4.74 Å². The number of benzene rings is 1. The molecule has 2 nitrogen and oxygen atoms in total. The predicted octanol–water partition coefficient (Wildman–Crippen LogP) is 3.49. The standard InChI is InChI=1S/C17H23NO/c1-4-17(18-9-11-19-12-10-18)13-15(3)16-7-5-14(2)6-8-16/h5-8,15H,1,9-13H2,2-3H3. The van der Waals surface area contributed by atoms with Crippen LogP contribution in [0.3, 0.4) is 0 Å². The summed E-state index contributed by atoms with van der Waals surface area (Å²) in [5, 5.41) is 0. The molecule has 0 radical (unpaired) electrons. The van der Waals surface area contributed by atoms with Crippen LogP contribution in [0.4, 0.5) is 0 Å². The third-order valence-electron chi connectivity index (χ3n) is 3.74. The summed E-state index contributed by atoms with van der Waals surface area (Å²) in [6.07, 6.45) is 0.993. The van der Waals surface area contributed by atoms with Gasteiger partial charge >= 0.3 is 0 Å². The van der Waals surface area contributed by atoms with Crippen molar-refractivity contribution >= 4 is 0 Å². The van der Waals surface area contributed by atoms with E-state index in [4.69, 9.17) is 4.74 Å². The normalized spacial score (nSPS) is 16.8. The van der Waals surface area contributed by atoms with Gasteiger partial charge in [0.25, 0.3) is 0 Å².